The van der Waals surface area contributed by atoms with E-state index in [0.717, 1.165) is 25.1 Å². The molecule has 0 saturated carbocycles. The van der Waals surface area contributed by atoms with Gasteiger partial charge in [0.15, 0.2) is 0 Å². The van der Waals surface area contributed by atoms with Crippen LogP contribution in [-0.4, -0.2) is 16.1 Å². The van der Waals surface area contributed by atoms with E-state index in [9.17, 15) is 0 Å². The fourth-order valence-electron chi connectivity index (χ4n) is 2.16. The van der Waals surface area contributed by atoms with Crippen LogP contribution in [0.4, 0.5) is 0 Å². The van der Waals surface area contributed by atoms with E-state index in [0.29, 0.717) is 0 Å². The minimum atomic E-state index is 0.263. The lowest BCUT2D eigenvalue weighted by Gasteiger charge is -2.17. The lowest BCUT2D eigenvalue weighted by Crippen LogP contribution is -2.24. The highest BCUT2D eigenvalue weighted by atomic mass is 32.1. The van der Waals surface area contributed by atoms with E-state index in [2.05, 4.69) is 53.9 Å². The maximum atomic E-state index is 4.22. The van der Waals surface area contributed by atoms with Crippen LogP contribution < -0.4 is 5.32 Å². The van der Waals surface area contributed by atoms with Gasteiger partial charge in [-0.3, -0.25) is 0 Å². The van der Waals surface area contributed by atoms with Gasteiger partial charge in [0.05, 0.1) is 11.7 Å². The van der Waals surface area contributed by atoms with Crippen molar-refractivity contribution >= 4 is 11.5 Å². The molecule has 1 atom stereocenters. The van der Waals surface area contributed by atoms with Crippen LogP contribution in [0.5, 0.6) is 0 Å². The highest BCUT2D eigenvalue weighted by Crippen LogP contribution is 2.20. The molecule has 1 aromatic carbocycles. The zero-order valence-electron chi connectivity index (χ0n) is 11.8. The molecule has 1 aromatic heterocycles. The molecule has 0 fully saturated rings. The number of nitrogens with one attached hydrogen (secondary N) is 1. The Kier molecular flexibility index (Phi) is 5.05. The van der Waals surface area contributed by atoms with Gasteiger partial charge in [0, 0.05) is 5.38 Å². The van der Waals surface area contributed by atoms with Gasteiger partial charge >= 0.3 is 0 Å². The molecule has 2 aromatic rings. The monoisotopic (exact) mass is 275 g/mol. The Morgan fingerprint density at radius 3 is 2.84 bits per heavy atom. The van der Waals surface area contributed by atoms with Crippen molar-refractivity contribution in [3.8, 4) is 0 Å². The van der Waals surface area contributed by atoms with Crippen molar-refractivity contribution in [1.82, 2.24) is 14.9 Å². The minimum absolute atomic E-state index is 0.263. The number of benzene rings is 1. The van der Waals surface area contributed by atoms with Gasteiger partial charge in [-0.15, -0.1) is 5.10 Å². The van der Waals surface area contributed by atoms with Gasteiger partial charge < -0.3 is 5.32 Å². The van der Waals surface area contributed by atoms with Crippen molar-refractivity contribution in [3.63, 3.8) is 0 Å². The van der Waals surface area contributed by atoms with Gasteiger partial charge in [-0.25, -0.2) is 0 Å². The van der Waals surface area contributed by atoms with E-state index in [1.165, 1.54) is 28.2 Å². The summed E-state index contributed by atoms with van der Waals surface area (Å²) in [5.41, 5.74) is 5.10. The summed E-state index contributed by atoms with van der Waals surface area (Å²) in [5.74, 6) is 0. The smallest absolute Gasteiger partial charge is 0.0928 e. The average molecular weight is 275 g/mol. The predicted molar refractivity (Wildman–Crippen MR) is 80.6 cm³/mol. The van der Waals surface area contributed by atoms with Crippen LogP contribution in [0.3, 0.4) is 0 Å². The van der Waals surface area contributed by atoms with Gasteiger partial charge in [0.25, 0.3) is 0 Å². The summed E-state index contributed by atoms with van der Waals surface area (Å²) in [6.07, 6.45) is 2.10. The fraction of sp³-hybridized carbons (Fsp3) is 0.467. The lowest BCUT2D eigenvalue weighted by molar-refractivity contribution is 0.516. The van der Waals surface area contributed by atoms with Gasteiger partial charge in [0.1, 0.15) is 0 Å². The number of aromatic nitrogens is 2. The molecule has 0 spiro atoms. The predicted octanol–water partition coefficient (Wildman–Crippen LogP) is 3.44. The van der Waals surface area contributed by atoms with Crippen molar-refractivity contribution in [2.75, 3.05) is 6.54 Å². The van der Waals surface area contributed by atoms with Crippen LogP contribution in [0.25, 0.3) is 0 Å². The summed E-state index contributed by atoms with van der Waals surface area (Å²) in [7, 11) is 0. The van der Waals surface area contributed by atoms with Crippen molar-refractivity contribution in [3.05, 3.63) is 46.0 Å². The summed E-state index contributed by atoms with van der Waals surface area (Å²) in [4.78, 5) is 0. The molecule has 4 heteroatoms. The maximum Gasteiger partial charge on any atom is 0.0928 e. The van der Waals surface area contributed by atoms with Crippen LogP contribution in [0, 0.1) is 13.8 Å². The second kappa shape index (κ2) is 6.78. The zero-order valence-corrected chi connectivity index (χ0v) is 12.6. The Bertz CT molecular complexity index is 508. The molecule has 0 aliphatic heterocycles. The molecule has 19 heavy (non-hydrogen) atoms. The molecule has 1 heterocycles. The quantitative estimate of drug-likeness (QED) is 0.877. The molecule has 0 amide bonds. The van der Waals surface area contributed by atoms with Crippen LogP contribution in [-0.2, 0) is 6.42 Å². The molecule has 0 aliphatic rings. The molecule has 0 saturated heterocycles. The highest BCUT2D eigenvalue weighted by molar-refractivity contribution is 7.03. The Morgan fingerprint density at radius 1 is 1.32 bits per heavy atom. The molecule has 102 valence electrons. The Morgan fingerprint density at radius 2 is 2.16 bits per heavy atom. The molecule has 0 aliphatic carbocycles. The maximum absolute atomic E-state index is 4.22. The first-order valence-electron chi connectivity index (χ1n) is 6.77. The lowest BCUT2D eigenvalue weighted by atomic mass is 9.97. The first-order chi connectivity index (χ1) is 9.20. The second-order valence-electron chi connectivity index (χ2n) is 4.97. The van der Waals surface area contributed by atoms with Crippen molar-refractivity contribution in [2.24, 2.45) is 0 Å². The largest absolute Gasteiger partial charge is 0.308 e. The van der Waals surface area contributed by atoms with Crippen LogP contribution >= 0.6 is 11.5 Å². The average Bonchev–Trinajstić information content (AvgIpc) is 2.92. The Balaban J connectivity index is 2.17. The topological polar surface area (TPSA) is 37.8 Å². The molecule has 0 radical (unpaired) electrons. The van der Waals surface area contributed by atoms with Crippen molar-refractivity contribution in [1.29, 1.82) is 0 Å². The van der Waals surface area contributed by atoms with Crippen LogP contribution in [0.15, 0.2) is 23.6 Å². The van der Waals surface area contributed by atoms with Crippen LogP contribution in [0.1, 0.15) is 41.8 Å². The Labute approximate surface area is 119 Å². The van der Waals surface area contributed by atoms with E-state index in [1.807, 2.05) is 5.38 Å². The number of aryl methyl sites for hydroxylation is 2. The first kappa shape index (κ1) is 14.2. The van der Waals surface area contributed by atoms with E-state index in [4.69, 9.17) is 0 Å². The number of hydrogen-bond acceptors (Lipinski definition) is 4. The van der Waals surface area contributed by atoms with E-state index < -0.39 is 0 Å². The first-order valence-corrected chi connectivity index (χ1v) is 7.60. The third kappa shape index (κ3) is 3.85. The molecule has 2 rings (SSSR count). The molecule has 1 N–H and O–H groups in total. The molecule has 3 nitrogen and oxygen atoms in total. The number of nitrogens with zero attached hydrogens (tertiary/aromatic N) is 2. The third-order valence-corrected chi connectivity index (χ3v) is 3.83. The normalized spacial score (nSPS) is 12.6. The fourth-order valence-corrected chi connectivity index (χ4v) is 2.67. The number of hydrogen-bond donors (Lipinski definition) is 1. The summed E-state index contributed by atoms with van der Waals surface area (Å²) in [6.45, 7) is 7.50. The van der Waals surface area contributed by atoms with Gasteiger partial charge in [-0.05, 0) is 55.9 Å². The van der Waals surface area contributed by atoms with Gasteiger partial charge in [0.2, 0.25) is 0 Å². The Hall–Kier alpha value is -1.26. The molecule has 0 bridgehead atoms. The zero-order chi connectivity index (χ0) is 13.7. The molecular formula is C15H21N3S. The van der Waals surface area contributed by atoms with Crippen molar-refractivity contribution < 1.29 is 0 Å². The molecular weight excluding hydrogens is 254 g/mol. The van der Waals surface area contributed by atoms with E-state index in [1.54, 1.807) is 0 Å². The SMILES string of the molecule is CCCNC(Cc1cc(C)ccc1C)c1csnn1. The highest BCUT2D eigenvalue weighted by Gasteiger charge is 2.15. The second-order valence-corrected chi connectivity index (χ2v) is 5.58. The van der Waals surface area contributed by atoms with Crippen LogP contribution in [0.2, 0.25) is 0 Å². The summed E-state index contributed by atoms with van der Waals surface area (Å²) >= 11 is 1.42. The van der Waals surface area contributed by atoms with Gasteiger partial charge in [-0.1, -0.05) is 35.2 Å². The van der Waals surface area contributed by atoms with E-state index in [-0.39, 0.29) is 6.04 Å². The summed E-state index contributed by atoms with van der Waals surface area (Å²) < 4.78 is 3.98. The van der Waals surface area contributed by atoms with Crippen molar-refractivity contribution in [2.45, 2.75) is 39.7 Å². The molecule has 1 unspecified atom stereocenters. The summed E-state index contributed by atoms with van der Waals surface area (Å²) in [5, 5.41) is 9.84. The van der Waals surface area contributed by atoms with Gasteiger partial charge in [-0.2, -0.15) is 0 Å². The number of rotatable bonds is 6. The van der Waals surface area contributed by atoms with E-state index >= 15 is 0 Å². The summed E-state index contributed by atoms with van der Waals surface area (Å²) in [6, 6.07) is 6.90. The standard InChI is InChI=1S/C15H21N3S/c1-4-7-16-14(15-10-19-18-17-15)9-13-8-11(2)5-6-12(13)3/h5-6,8,10,14,16H,4,7,9H2,1-3H3. The third-order valence-electron chi connectivity index (χ3n) is 3.30. The minimum Gasteiger partial charge on any atom is -0.308 e.